The predicted molar refractivity (Wildman–Crippen MR) is 143 cm³/mol. The van der Waals surface area contributed by atoms with Gasteiger partial charge in [0.05, 0.1) is 6.61 Å². The Bertz CT molecular complexity index is 842. The number of hydrogen-bond acceptors (Lipinski definition) is 5. The van der Waals surface area contributed by atoms with Crippen molar-refractivity contribution in [2.45, 2.75) is 39.2 Å². The zero-order valence-corrected chi connectivity index (χ0v) is 22.3. The summed E-state index contributed by atoms with van der Waals surface area (Å²) in [5, 5.41) is 3.44. The second-order valence-corrected chi connectivity index (χ2v) is 8.06. The molecule has 3 rings (SSSR count). The minimum atomic E-state index is 0. The first kappa shape index (κ1) is 27.2. The van der Waals surface area contributed by atoms with Crippen LogP contribution in [0.25, 0.3) is 0 Å². The Morgan fingerprint density at radius 3 is 2.61 bits per heavy atom. The quantitative estimate of drug-likeness (QED) is 0.244. The molecule has 1 aromatic heterocycles. The Morgan fingerprint density at radius 2 is 1.91 bits per heavy atom. The highest BCUT2D eigenvalue weighted by Crippen LogP contribution is 2.25. The number of ether oxygens (including phenoxy) is 3. The minimum Gasteiger partial charge on any atom is -0.494 e. The molecule has 2 heterocycles. The third-order valence-electron chi connectivity index (χ3n) is 5.59. The summed E-state index contributed by atoms with van der Waals surface area (Å²) in [5.74, 6) is 3.76. The van der Waals surface area contributed by atoms with Crippen molar-refractivity contribution in [3.05, 3.63) is 48.2 Å². The molecule has 8 heteroatoms. The highest BCUT2D eigenvalue weighted by atomic mass is 127. The maximum Gasteiger partial charge on any atom is 0.224 e. The van der Waals surface area contributed by atoms with Crippen LogP contribution in [0.3, 0.4) is 0 Å². The van der Waals surface area contributed by atoms with Crippen molar-refractivity contribution in [1.29, 1.82) is 0 Å². The molecular formula is C25H37IN4O3. The van der Waals surface area contributed by atoms with Crippen molar-refractivity contribution in [2.75, 3.05) is 40.5 Å². The first-order valence-electron chi connectivity index (χ1n) is 11.5. The Morgan fingerprint density at radius 1 is 1.18 bits per heavy atom. The van der Waals surface area contributed by atoms with Crippen molar-refractivity contribution in [2.24, 2.45) is 10.9 Å². The summed E-state index contributed by atoms with van der Waals surface area (Å²) >= 11 is 0. The largest absolute Gasteiger partial charge is 0.494 e. The van der Waals surface area contributed by atoms with Crippen LogP contribution in [-0.2, 0) is 11.3 Å². The van der Waals surface area contributed by atoms with Gasteiger partial charge in [0.15, 0.2) is 5.96 Å². The molecule has 1 aromatic carbocycles. The summed E-state index contributed by atoms with van der Waals surface area (Å²) in [5.41, 5.74) is 0.970. The molecule has 0 saturated carbocycles. The molecule has 0 radical (unpaired) electrons. The van der Waals surface area contributed by atoms with Crippen molar-refractivity contribution >= 4 is 29.9 Å². The fourth-order valence-electron chi connectivity index (χ4n) is 3.66. The number of benzene rings is 1. The molecule has 1 fully saturated rings. The minimum absolute atomic E-state index is 0. The molecule has 1 aliphatic heterocycles. The van der Waals surface area contributed by atoms with Gasteiger partial charge >= 0.3 is 0 Å². The van der Waals surface area contributed by atoms with Crippen LogP contribution < -0.4 is 14.8 Å². The highest BCUT2D eigenvalue weighted by Gasteiger charge is 2.16. The molecule has 33 heavy (non-hydrogen) atoms. The topological polar surface area (TPSA) is 68.2 Å². The van der Waals surface area contributed by atoms with E-state index in [1.165, 1.54) is 0 Å². The molecule has 0 spiro atoms. The normalized spacial score (nSPS) is 14.3. The number of aromatic nitrogens is 1. The van der Waals surface area contributed by atoms with Crippen LogP contribution in [-0.4, -0.2) is 56.3 Å². The number of pyridine rings is 1. The Hall–Kier alpha value is -2.07. The van der Waals surface area contributed by atoms with Gasteiger partial charge in [0.2, 0.25) is 5.88 Å². The summed E-state index contributed by atoms with van der Waals surface area (Å²) in [6.07, 6.45) is 6.19. The Kier molecular flexibility index (Phi) is 12.3. The van der Waals surface area contributed by atoms with Gasteiger partial charge in [-0.2, -0.15) is 0 Å². The molecule has 7 nitrogen and oxygen atoms in total. The van der Waals surface area contributed by atoms with Gasteiger partial charge in [0, 0.05) is 52.2 Å². The number of rotatable bonds is 10. The molecule has 0 aliphatic carbocycles. The van der Waals surface area contributed by atoms with Crippen molar-refractivity contribution < 1.29 is 14.2 Å². The van der Waals surface area contributed by atoms with Gasteiger partial charge in [-0.25, -0.2) is 4.98 Å². The lowest BCUT2D eigenvalue weighted by molar-refractivity contribution is 0.0625. The van der Waals surface area contributed by atoms with Gasteiger partial charge in [0.25, 0.3) is 0 Å². The van der Waals surface area contributed by atoms with E-state index in [4.69, 9.17) is 14.2 Å². The van der Waals surface area contributed by atoms with Gasteiger partial charge in [-0.15, -0.1) is 24.0 Å². The molecule has 182 valence electrons. The maximum absolute atomic E-state index is 6.05. The lowest BCUT2D eigenvalue weighted by Gasteiger charge is -2.27. The van der Waals surface area contributed by atoms with Gasteiger partial charge in [0.1, 0.15) is 11.5 Å². The summed E-state index contributed by atoms with van der Waals surface area (Å²) in [6, 6.07) is 11.6. The summed E-state index contributed by atoms with van der Waals surface area (Å²) < 4.78 is 17.2. The zero-order valence-electron chi connectivity index (χ0n) is 20.0. The molecule has 0 atom stereocenters. The molecule has 1 saturated heterocycles. The van der Waals surface area contributed by atoms with Crippen LogP contribution in [0.4, 0.5) is 0 Å². The average Bonchev–Trinajstić information content (AvgIpc) is 2.84. The lowest BCUT2D eigenvalue weighted by atomic mass is 9.96. The van der Waals surface area contributed by atoms with Gasteiger partial charge < -0.3 is 24.4 Å². The second-order valence-electron chi connectivity index (χ2n) is 8.06. The van der Waals surface area contributed by atoms with Crippen molar-refractivity contribution in [3.63, 3.8) is 0 Å². The van der Waals surface area contributed by atoms with E-state index in [1.54, 1.807) is 6.20 Å². The fraction of sp³-hybridized carbons (Fsp3) is 0.520. The van der Waals surface area contributed by atoms with Crippen LogP contribution in [0.2, 0.25) is 0 Å². The maximum atomic E-state index is 6.05. The zero-order chi connectivity index (χ0) is 22.6. The van der Waals surface area contributed by atoms with Crippen LogP contribution in [0.15, 0.2) is 47.6 Å². The molecule has 0 bridgehead atoms. The number of halogens is 1. The fourth-order valence-corrected chi connectivity index (χ4v) is 3.66. The van der Waals surface area contributed by atoms with E-state index in [1.807, 2.05) is 43.4 Å². The van der Waals surface area contributed by atoms with E-state index < -0.39 is 0 Å². The van der Waals surface area contributed by atoms with E-state index in [0.717, 1.165) is 74.4 Å². The third kappa shape index (κ3) is 9.00. The van der Waals surface area contributed by atoms with E-state index in [-0.39, 0.29) is 24.0 Å². The van der Waals surface area contributed by atoms with Crippen LogP contribution >= 0.6 is 24.0 Å². The average molecular weight is 569 g/mol. The first-order chi connectivity index (χ1) is 15.7. The molecule has 1 aliphatic rings. The summed E-state index contributed by atoms with van der Waals surface area (Å²) in [4.78, 5) is 11.1. The van der Waals surface area contributed by atoms with E-state index in [9.17, 15) is 0 Å². The number of guanidine groups is 1. The molecule has 2 aromatic rings. The summed E-state index contributed by atoms with van der Waals surface area (Å²) in [7, 11) is 3.90. The van der Waals surface area contributed by atoms with E-state index in [2.05, 4.69) is 34.2 Å². The number of nitrogens with one attached hydrogen (secondary N) is 1. The lowest BCUT2D eigenvalue weighted by Crippen LogP contribution is -2.39. The van der Waals surface area contributed by atoms with Crippen LogP contribution in [0, 0.1) is 5.92 Å². The number of hydrogen-bond donors (Lipinski definition) is 1. The first-order valence-corrected chi connectivity index (χ1v) is 11.5. The SMILES string of the molecule is CCCOc1ccc(Oc2ncccc2CNC(=NC)N(C)CCC2CCOCC2)cc1.I. The van der Waals surface area contributed by atoms with Crippen molar-refractivity contribution in [3.8, 4) is 17.4 Å². The van der Waals surface area contributed by atoms with E-state index >= 15 is 0 Å². The number of aliphatic imine (C=N–C) groups is 1. The van der Waals surface area contributed by atoms with Crippen molar-refractivity contribution in [1.82, 2.24) is 15.2 Å². The Balaban J connectivity index is 0.00000385. The van der Waals surface area contributed by atoms with Crippen LogP contribution in [0.1, 0.15) is 38.2 Å². The third-order valence-corrected chi connectivity index (χ3v) is 5.59. The smallest absolute Gasteiger partial charge is 0.224 e. The molecule has 1 N–H and O–H groups in total. The van der Waals surface area contributed by atoms with Crippen LogP contribution in [0.5, 0.6) is 17.4 Å². The standard InChI is InChI=1S/C25H36N4O3.HI/c1-4-16-31-22-7-9-23(10-8-22)32-24-21(6-5-14-27-24)19-28-25(26-2)29(3)15-11-20-12-17-30-18-13-20;/h5-10,14,20H,4,11-13,15-19H2,1-3H3,(H,26,28);1H. The van der Waals surface area contributed by atoms with Gasteiger partial charge in [-0.3, -0.25) is 4.99 Å². The monoisotopic (exact) mass is 568 g/mol. The number of nitrogens with zero attached hydrogens (tertiary/aromatic N) is 3. The predicted octanol–water partition coefficient (Wildman–Crippen LogP) is 5.10. The van der Waals surface area contributed by atoms with E-state index in [0.29, 0.717) is 19.0 Å². The molecule has 0 amide bonds. The second kappa shape index (κ2) is 15.0. The van der Waals surface area contributed by atoms with Gasteiger partial charge in [-0.1, -0.05) is 13.0 Å². The van der Waals surface area contributed by atoms with Gasteiger partial charge in [-0.05, 0) is 61.9 Å². The Labute approximate surface area is 215 Å². The molecule has 0 unspecified atom stereocenters. The molecular weight excluding hydrogens is 531 g/mol. The highest BCUT2D eigenvalue weighted by molar-refractivity contribution is 14.0. The summed E-state index contributed by atoms with van der Waals surface area (Å²) in [6.45, 7) is 6.12.